The molecular weight excluding hydrogens is 332 g/mol. The molecule has 0 amide bonds. The third kappa shape index (κ3) is 4.18. The van der Waals surface area contributed by atoms with Gasteiger partial charge in [-0.15, -0.1) is 0 Å². The van der Waals surface area contributed by atoms with E-state index < -0.39 is 10.0 Å². The molecule has 24 heavy (non-hydrogen) atoms. The smallest absolute Gasteiger partial charge is 0.216 e. The van der Waals surface area contributed by atoms with Crippen molar-refractivity contribution >= 4 is 10.0 Å². The van der Waals surface area contributed by atoms with Crippen LogP contribution in [-0.4, -0.2) is 78.0 Å². The van der Waals surface area contributed by atoms with Crippen LogP contribution < -0.4 is 9.47 Å². The molecule has 1 aromatic rings. The van der Waals surface area contributed by atoms with E-state index in [0.29, 0.717) is 31.1 Å². The average Bonchev–Trinajstić information content (AvgIpc) is 2.59. The molecular formula is C16H26N2O5S. The third-order valence-corrected chi connectivity index (χ3v) is 6.14. The fourth-order valence-corrected chi connectivity index (χ4v) is 4.20. The molecule has 1 aliphatic heterocycles. The van der Waals surface area contributed by atoms with Gasteiger partial charge in [-0.1, -0.05) is 6.07 Å². The number of piperazine rings is 1. The Labute approximate surface area is 144 Å². The van der Waals surface area contributed by atoms with Gasteiger partial charge in [-0.05, 0) is 24.7 Å². The molecule has 0 aromatic heterocycles. The maximum atomic E-state index is 12.4. The van der Waals surface area contributed by atoms with Gasteiger partial charge < -0.3 is 14.2 Å². The molecule has 0 radical (unpaired) electrons. The van der Waals surface area contributed by atoms with Crippen molar-refractivity contribution in [1.82, 2.24) is 9.21 Å². The van der Waals surface area contributed by atoms with Crippen molar-refractivity contribution in [3.05, 3.63) is 23.8 Å². The summed E-state index contributed by atoms with van der Waals surface area (Å²) in [6, 6.07) is 5.68. The number of hydrogen-bond donors (Lipinski definition) is 0. The monoisotopic (exact) mass is 358 g/mol. The molecule has 1 unspecified atom stereocenters. The fourth-order valence-electron chi connectivity index (χ4n) is 2.84. The van der Waals surface area contributed by atoms with E-state index in [1.165, 1.54) is 7.11 Å². The van der Waals surface area contributed by atoms with Gasteiger partial charge in [-0.25, -0.2) is 8.42 Å². The van der Waals surface area contributed by atoms with Crippen molar-refractivity contribution in [3.8, 4) is 11.5 Å². The van der Waals surface area contributed by atoms with Crippen LogP contribution in [0.4, 0.5) is 0 Å². The molecule has 1 fully saturated rings. The zero-order valence-corrected chi connectivity index (χ0v) is 15.5. The Morgan fingerprint density at radius 3 is 2.46 bits per heavy atom. The minimum Gasteiger partial charge on any atom is -0.493 e. The van der Waals surface area contributed by atoms with Crippen LogP contribution in [0.5, 0.6) is 11.5 Å². The van der Waals surface area contributed by atoms with Gasteiger partial charge in [0.1, 0.15) is 0 Å². The SMILES string of the molecule is COCCS(=O)(=O)N1CCN(C)C(c2ccc(OC)c(OC)c2)C1. The first kappa shape index (κ1) is 19.0. The van der Waals surface area contributed by atoms with Crippen molar-refractivity contribution < 1.29 is 22.6 Å². The summed E-state index contributed by atoms with van der Waals surface area (Å²) in [5, 5.41) is 0. The zero-order valence-electron chi connectivity index (χ0n) is 14.7. The van der Waals surface area contributed by atoms with E-state index in [2.05, 4.69) is 4.90 Å². The van der Waals surface area contributed by atoms with Crippen LogP contribution in [0.15, 0.2) is 18.2 Å². The average molecular weight is 358 g/mol. The highest BCUT2D eigenvalue weighted by molar-refractivity contribution is 7.89. The van der Waals surface area contributed by atoms with Gasteiger partial charge in [0.25, 0.3) is 0 Å². The maximum absolute atomic E-state index is 12.4. The highest BCUT2D eigenvalue weighted by Gasteiger charge is 2.32. The lowest BCUT2D eigenvalue weighted by Crippen LogP contribution is -2.49. The van der Waals surface area contributed by atoms with Crippen molar-refractivity contribution in [2.45, 2.75) is 6.04 Å². The largest absolute Gasteiger partial charge is 0.493 e. The number of hydrogen-bond acceptors (Lipinski definition) is 6. The Morgan fingerprint density at radius 2 is 1.83 bits per heavy atom. The van der Waals surface area contributed by atoms with Crippen LogP contribution in [0.3, 0.4) is 0 Å². The number of benzene rings is 1. The van der Waals surface area contributed by atoms with Gasteiger partial charge in [-0.3, -0.25) is 4.90 Å². The minimum atomic E-state index is -3.31. The van der Waals surface area contributed by atoms with Gasteiger partial charge >= 0.3 is 0 Å². The van der Waals surface area contributed by atoms with Crippen molar-refractivity contribution in [2.24, 2.45) is 0 Å². The Morgan fingerprint density at radius 1 is 1.12 bits per heavy atom. The Bertz CT molecular complexity index is 650. The summed E-state index contributed by atoms with van der Waals surface area (Å²) in [5.41, 5.74) is 1.00. The molecule has 0 saturated carbocycles. The first-order valence-corrected chi connectivity index (χ1v) is 9.42. The predicted molar refractivity (Wildman–Crippen MR) is 92.2 cm³/mol. The van der Waals surface area contributed by atoms with Crippen molar-refractivity contribution in [1.29, 1.82) is 0 Å². The summed E-state index contributed by atoms with van der Waals surface area (Å²) >= 11 is 0. The summed E-state index contributed by atoms with van der Waals surface area (Å²) in [5.74, 6) is 1.30. The minimum absolute atomic E-state index is 0.00582. The molecule has 1 heterocycles. The summed E-state index contributed by atoms with van der Waals surface area (Å²) in [4.78, 5) is 2.16. The topological polar surface area (TPSA) is 68.3 Å². The zero-order chi connectivity index (χ0) is 17.7. The Kier molecular flexibility index (Phi) is 6.45. The van der Waals surface area contributed by atoms with E-state index in [4.69, 9.17) is 14.2 Å². The molecule has 8 heteroatoms. The quantitative estimate of drug-likeness (QED) is 0.723. The number of ether oxygens (including phenoxy) is 3. The van der Waals surface area contributed by atoms with Crippen LogP contribution in [-0.2, 0) is 14.8 Å². The number of likely N-dealkylation sites (N-methyl/N-ethyl adjacent to an activating group) is 1. The van der Waals surface area contributed by atoms with E-state index >= 15 is 0 Å². The van der Waals surface area contributed by atoms with E-state index in [9.17, 15) is 8.42 Å². The second-order valence-corrected chi connectivity index (χ2v) is 7.87. The normalized spacial score (nSPS) is 20.1. The number of methoxy groups -OCH3 is 3. The molecule has 1 atom stereocenters. The second-order valence-electron chi connectivity index (χ2n) is 5.78. The van der Waals surface area contributed by atoms with Gasteiger partial charge in [0.05, 0.1) is 26.6 Å². The van der Waals surface area contributed by atoms with Gasteiger partial charge in [-0.2, -0.15) is 4.31 Å². The molecule has 0 bridgehead atoms. The van der Waals surface area contributed by atoms with Crippen LogP contribution in [0.25, 0.3) is 0 Å². The van der Waals surface area contributed by atoms with Crippen LogP contribution >= 0.6 is 0 Å². The number of rotatable bonds is 7. The van der Waals surface area contributed by atoms with Gasteiger partial charge in [0, 0.05) is 32.8 Å². The molecule has 7 nitrogen and oxygen atoms in total. The van der Waals surface area contributed by atoms with Crippen LogP contribution in [0.2, 0.25) is 0 Å². The van der Waals surface area contributed by atoms with Gasteiger partial charge in [0.2, 0.25) is 10.0 Å². The Balaban J connectivity index is 2.22. The van der Waals surface area contributed by atoms with E-state index in [1.54, 1.807) is 18.5 Å². The highest BCUT2D eigenvalue weighted by atomic mass is 32.2. The second kappa shape index (κ2) is 8.15. The van der Waals surface area contributed by atoms with Crippen molar-refractivity contribution in [2.75, 3.05) is 60.4 Å². The molecule has 136 valence electrons. The number of nitrogens with zero attached hydrogens (tertiary/aromatic N) is 2. The molecule has 0 N–H and O–H groups in total. The van der Waals surface area contributed by atoms with E-state index in [0.717, 1.165) is 5.56 Å². The van der Waals surface area contributed by atoms with Crippen molar-refractivity contribution in [3.63, 3.8) is 0 Å². The Hall–Kier alpha value is -1.35. The van der Waals surface area contributed by atoms with E-state index in [1.807, 2.05) is 25.2 Å². The first-order valence-electron chi connectivity index (χ1n) is 7.82. The molecule has 1 aliphatic rings. The third-order valence-electron chi connectivity index (χ3n) is 4.34. The lowest BCUT2D eigenvalue weighted by molar-refractivity contribution is 0.146. The predicted octanol–water partition coefficient (Wildman–Crippen LogP) is 0.969. The molecule has 0 spiro atoms. The van der Waals surface area contributed by atoms with Gasteiger partial charge in [0.15, 0.2) is 11.5 Å². The van der Waals surface area contributed by atoms with Crippen LogP contribution in [0.1, 0.15) is 11.6 Å². The maximum Gasteiger partial charge on any atom is 0.216 e. The van der Waals surface area contributed by atoms with E-state index in [-0.39, 0.29) is 18.4 Å². The molecule has 1 saturated heterocycles. The summed E-state index contributed by atoms with van der Waals surface area (Å²) in [6.07, 6.45) is 0. The first-order chi connectivity index (χ1) is 11.4. The summed E-state index contributed by atoms with van der Waals surface area (Å²) in [6.45, 7) is 1.78. The molecule has 0 aliphatic carbocycles. The van der Waals surface area contributed by atoms with Crippen LogP contribution in [0, 0.1) is 0 Å². The molecule has 2 rings (SSSR count). The lowest BCUT2D eigenvalue weighted by atomic mass is 10.0. The standard InChI is InChI=1S/C16H26N2O5S/c1-17-7-8-18(24(19,20)10-9-21-2)12-14(17)13-5-6-15(22-3)16(11-13)23-4/h5-6,11,14H,7-10,12H2,1-4H3. The fraction of sp³-hybridized carbons (Fsp3) is 0.625. The summed E-state index contributed by atoms with van der Waals surface area (Å²) in [7, 11) is 3.38. The lowest BCUT2D eigenvalue weighted by Gasteiger charge is -2.39. The molecule has 1 aromatic carbocycles. The summed E-state index contributed by atoms with van der Waals surface area (Å²) < 4.78 is 42.0. The highest BCUT2D eigenvalue weighted by Crippen LogP contribution is 2.33. The number of sulfonamides is 1.